The monoisotopic (exact) mass is 1140 g/mol. The molecule has 3 N–H and O–H groups in total. The Kier molecular flexibility index (Phi) is 69.4. The van der Waals surface area contributed by atoms with E-state index in [1.54, 1.807) is 0 Å². The van der Waals surface area contributed by atoms with Gasteiger partial charge in [-0.1, -0.05) is 372 Å². The zero-order chi connectivity index (χ0) is 58.5. The fourth-order valence-electron chi connectivity index (χ4n) is 11.9. The van der Waals surface area contributed by atoms with Gasteiger partial charge in [-0.15, -0.1) is 0 Å². The average Bonchev–Trinajstić information content (AvgIpc) is 3.47. The lowest BCUT2D eigenvalue weighted by molar-refractivity contribution is -0.143. The number of rotatable bonds is 70. The summed E-state index contributed by atoms with van der Waals surface area (Å²) in [5, 5.41) is 23.4. The van der Waals surface area contributed by atoms with Crippen molar-refractivity contribution >= 4 is 11.9 Å². The Morgan fingerprint density at radius 2 is 0.617 bits per heavy atom. The molecule has 480 valence electrons. The molecule has 0 saturated carbocycles. The van der Waals surface area contributed by atoms with Crippen LogP contribution in [0.4, 0.5) is 0 Å². The fourth-order valence-corrected chi connectivity index (χ4v) is 11.9. The number of aliphatic hydroxyl groups excluding tert-OH is 2. The zero-order valence-corrected chi connectivity index (χ0v) is 55.0. The Bertz CT molecular complexity index is 1270. The molecule has 0 heterocycles. The molecule has 2 atom stereocenters. The maximum absolute atomic E-state index is 12.6. The van der Waals surface area contributed by atoms with Crippen LogP contribution in [0.15, 0.2) is 24.3 Å². The van der Waals surface area contributed by atoms with Crippen molar-refractivity contribution in [2.24, 2.45) is 0 Å². The van der Waals surface area contributed by atoms with Crippen LogP contribution in [0.2, 0.25) is 0 Å². The molecule has 0 aliphatic carbocycles. The molecule has 0 aliphatic rings. The lowest BCUT2D eigenvalue weighted by Crippen LogP contribution is -2.45. The normalized spacial score (nSPS) is 12.6. The number of nitrogens with one attached hydrogen (secondary N) is 1. The summed E-state index contributed by atoms with van der Waals surface area (Å²) in [5.41, 5.74) is 0. The highest BCUT2D eigenvalue weighted by atomic mass is 16.5. The van der Waals surface area contributed by atoms with Gasteiger partial charge in [0.05, 0.1) is 25.4 Å². The molecule has 0 aliphatic heterocycles. The van der Waals surface area contributed by atoms with Crippen molar-refractivity contribution in [3.05, 3.63) is 24.3 Å². The number of amides is 1. The van der Waals surface area contributed by atoms with Crippen LogP contribution in [0.5, 0.6) is 0 Å². The topological polar surface area (TPSA) is 95.9 Å². The maximum atomic E-state index is 12.6. The number of carbonyl (C=O) groups excluding carboxylic acids is 2. The SMILES string of the molecule is CCCCC/C=C\C/C=C\CCCCCCCC(=O)OCCCCCCCCCCCCCCCCCCCCCCCCCCCCCCC(=O)NC(CO)C(O)CCCCCCCCCCCCCCCCCCCCCCC. The number of unbranched alkanes of at least 4 members (excludes halogenated alkanes) is 55. The summed E-state index contributed by atoms with van der Waals surface area (Å²) in [6, 6.07) is -0.540. The Hall–Kier alpha value is -1.66. The van der Waals surface area contributed by atoms with Gasteiger partial charge in [-0.25, -0.2) is 0 Å². The van der Waals surface area contributed by atoms with Gasteiger partial charge < -0.3 is 20.3 Å². The molecule has 0 bridgehead atoms. The van der Waals surface area contributed by atoms with Crippen molar-refractivity contribution < 1.29 is 24.5 Å². The predicted octanol–water partition coefficient (Wildman–Crippen LogP) is 24.1. The highest BCUT2D eigenvalue weighted by Gasteiger charge is 2.20. The molecule has 81 heavy (non-hydrogen) atoms. The summed E-state index contributed by atoms with van der Waals surface area (Å²) in [4.78, 5) is 24.6. The predicted molar refractivity (Wildman–Crippen MR) is 356 cm³/mol. The number of hydrogen-bond donors (Lipinski definition) is 3. The summed E-state index contributed by atoms with van der Waals surface area (Å²) in [5.74, 6) is -0.0214. The van der Waals surface area contributed by atoms with E-state index in [2.05, 4.69) is 43.5 Å². The van der Waals surface area contributed by atoms with E-state index in [-0.39, 0.29) is 18.5 Å². The van der Waals surface area contributed by atoms with E-state index < -0.39 is 12.1 Å². The van der Waals surface area contributed by atoms with E-state index in [0.717, 1.165) is 51.4 Å². The second-order valence-corrected chi connectivity index (χ2v) is 25.6. The number of esters is 1. The molecule has 0 aromatic carbocycles. The maximum Gasteiger partial charge on any atom is 0.305 e. The molecule has 0 saturated heterocycles. The van der Waals surface area contributed by atoms with E-state index in [1.807, 2.05) is 0 Å². The zero-order valence-electron chi connectivity index (χ0n) is 55.0. The van der Waals surface area contributed by atoms with Gasteiger partial charge >= 0.3 is 5.97 Å². The highest BCUT2D eigenvalue weighted by Crippen LogP contribution is 2.20. The van der Waals surface area contributed by atoms with Crippen LogP contribution in [-0.2, 0) is 14.3 Å². The number of hydrogen-bond acceptors (Lipinski definition) is 5. The third-order valence-corrected chi connectivity index (χ3v) is 17.5. The van der Waals surface area contributed by atoms with Crippen molar-refractivity contribution in [1.82, 2.24) is 5.32 Å². The van der Waals surface area contributed by atoms with Gasteiger partial charge in [0, 0.05) is 12.8 Å². The van der Waals surface area contributed by atoms with E-state index >= 15 is 0 Å². The first-order valence-corrected chi connectivity index (χ1v) is 37.1. The van der Waals surface area contributed by atoms with Crippen LogP contribution in [-0.4, -0.2) is 47.4 Å². The number of ether oxygens (including phenoxy) is 1. The summed E-state index contributed by atoms with van der Waals surface area (Å²) in [7, 11) is 0. The van der Waals surface area contributed by atoms with Gasteiger partial charge in [0.25, 0.3) is 0 Å². The molecule has 1 amide bonds. The van der Waals surface area contributed by atoms with Gasteiger partial charge in [0.2, 0.25) is 5.91 Å². The minimum absolute atomic E-state index is 0.00564. The van der Waals surface area contributed by atoms with E-state index in [4.69, 9.17) is 4.74 Å². The summed E-state index contributed by atoms with van der Waals surface area (Å²) >= 11 is 0. The Morgan fingerprint density at radius 1 is 0.346 bits per heavy atom. The largest absolute Gasteiger partial charge is 0.466 e. The van der Waals surface area contributed by atoms with Gasteiger partial charge in [-0.2, -0.15) is 0 Å². The van der Waals surface area contributed by atoms with Crippen LogP contribution in [0, 0.1) is 0 Å². The molecule has 0 fully saturated rings. The van der Waals surface area contributed by atoms with Crippen molar-refractivity contribution in [1.29, 1.82) is 0 Å². The lowest BCUT2D eigenvalue weighted by atomic mass is 10.0. The Labute approximate surface area is 507 Å². The van der Waals surface area contributed by atoms with Gasteiger partial charge in [0.15, 0.2) is 0 Å². The summed E-state index contributed by atoms with van der Waals surface area (Å²) < 4.78 is 5.49. The Morgan fingerprint density at radius 3 is 0.963 bits per heavy atom. The fraction of sp³-hybridized carbons (Fsp3) is 0.920. The average molecular weight is 1140 g/mol. The summed E-state index contributed by atoms with van der Waals surface area (Å²) in [6.07, 6.45) is 89.5. The third-order valence-electron chi connectivity index (χ3n) is 17.5. The van der Waals surface area contributed by atoms with E-state index in [0.29, 0.717) is 25.9 Å². The Balaban J connectivity index is 3.35. The minimum atomic E-state index is -0.663. The molecule has 0 aromatic heterocycles. The minimum Gasteiger partial charge on any atom is -0.466 e. The quantitative estimate of drug-likeness (QED) is 0.0320. The smallest absolute Gasteiger partial charge is 0.305 e. The third kappa shape index (κ3) is 67.3. The molecule has 6 heteroatoms. The van der Waals surface area contributed by atoms with Crippen LogP contribution in [0.3, 0.4) is 0 Å². The van der Waals surface area contributed by atoms with E-state index in [1.165, 1.54) is 334 Å². The van der Waals surface area contributed by atoms with Gasteiger partial charge in [-0.05, 0) is 57.8 Å². The molecular weight excluding hydrogens is 995 g/mol. The summed E-state index contributed by atoms with van der Waals surface area (Å²) in [6.45, 7) is 4.97. The van der Waals surface area contributed by atoms with Crippen molar-refractivity contribution in [2.75, 3.05) is 13.2 Å². The van der Waals surface area contributed by atoms with Gasteiger partial charge in [-0.3, -0.25) is 9.59 Å². The van der Waals surface area contributed by atoms with Crippen LogP contribution in [0.1, 0.15) is 418 Å². The molecule has 0 rings (SSSR count). The van der Waals surface area contributed by atoms with Crippen molar-refractivity contribution in [2.45, 2.75) is 431 Å². The highest BCUT2D eigenvalue weighted by molar-refractivity contribution is 5.76. The number of carbonyl (C=O) groups is 2. The lowest BCUT2D eigenvalue weighted by Gasteiger charge is -2.22. The second-order valence-electron chi connectivity index (χ2n) is 25.6. The number of allylic oxidation sites excluding steroid dienone is 4. The van der Waals surface area contributed by atoms with Crippen molar-refractivity contribution in [3.63, 3.8) is 0 Å². The molecule has 6 nitrogen and oxygen atoms in total. The molecule has 0 aromatic rings. The molecular formula is C75H145NO5. The molecule has 0 spiro atoms. The van der Waals surface area contributed by atoms with E-state index in [9.17, 15) is 19.8 Å². The van der Waals surface area contributed by atoms with Crippen molar-refractivity contribution in [3.8, 4) is 0 Å². The molecule has 0 radical (unpaired) electrons. The standard InChI is InChI=1S/C75H145NO5/c1-3-5-7-9-11-13-15-17-19-20-21-30-33-36-40-43-47-51-55-59-63-67-73(78)72(71-77)76-74(79)68-64-60-56-52-48-44-41-37-34-31-28-26-24-22-23-25-27-29-32-35-38-42-46-50-54-58-62-66-70-81-75(80)69-65-61-57-53-49-45-39-18-16-14-12-10-8-6-4-2/h12,14,18,39,72-73,77-78H,3-11,13,15-17,19-38,40-71H2,1-2H3,(H,76,79)/b14-12-,39-18-. The van der Waals surface area contributed by atoms with Crippen LogP contribution >= 0.6 is 0 Å². The first kappa shape index (κ1) is 79.3. The van der Waals surface area contributed by atoms with Crippen LogP contribution in [0.25, 0.3) is 0 Å². The van der Waals surface area contributed by atoms with Gasteiger partial charge in [0.1, 0.15) is 0 Å². The second kappa shape index (κ2) is 70.8. The van der Waals surface area contributed by atoms with Crippen LogP contribution < -0.4 is 5.32 Å². The first-order valence-electron chi connectivity index (χ1n) is 37.1. The first-order chi connectivity index (χ1) is 40.0. The number of aliphatic hydroxyl groups is 2. The molecule has 2 unspecified atom stereocenters.